The van der Waals surface area contributed by atoms with Crippen molar-refractivity contribution in [3.63, 3.8) is 0 Å². The maximum atomic E-state index is 6.21. The van der Waals surface area contributed by atoms with Crippen molar-refractivity contribution in [3.8, 4) is 33.4 Å². The first-order valence-electron chi connectivity index (χ1n) is 17.8. The molecule has 0 aliphatic rings. The molecule has 0 fully saturated rings. The summed E-state index contributed by atoms with van der Waals surface area (Å²) in [6.45, 7) is 0. The number of nitrogens with zero attached hydrogens (tertiary/aromatic N) is 1. The molecule has 0 aliphatic carbocycles. The van der Waals surface area contributed by atoms with Crippen LogP contribution in [-0.4, -0.2) is 0 Å². The number of hydrogen-bond acceptors (Lipinski definition) is 2. The topological polar surface area (TPSA) is 16.4 Å². The van der Waals surface area contributed by atoms with Crippen LogP contribution in [0, 0.1) is 0 Å². The maximum Gasteiger partial charge on any atom is 0.136 e. The van der Waals surface area contributed by atoms with Gasteiger partial charge in [-0.25, -0.2) is 0 Å². The molecule has 244 valence electrons. The Morgan fingerprint density at radius 1 is 0.308 bits per heavy atom. The van der Waals surface area contributed by atoms with Gasteiger partial charge >= 0.3 is 0 Å². The second-order valence-electron chi connectivity index (χ2n) is 13.3. The summed E-state index contributed by atoms with van der Waals surface area (Å²) in [6.07, 6.45) is 0. The van der Waals surface area contributed by atoms with Crippen molar-refractivity contribution < 1.29 is 4.42 Å². The highest BCUT2D eigenvalue weighted by atomic mass is 16.3. The highest BCUT2D eigenvalue weighted by molar-refractivity contribution is 6.14. The van der Waals surface area contributed by atoms with Crippen LogP contribution in [0.15, 0.2) is 205 Å². The van der Waals surface area contributed by atoms with E-state index in [-0.39, 0.29) is 0 Å². The van der Waals surface area contributed by atoms with Crippen molar-refractivity contribution in [2.24, 2.45) is 0 Å². The van der Waals surface area contributed by atoms with E-state index in [1.54, 1.807) is 0 Å². The van der Waals surface area contributed by atoms with Crippen molar-refractivity contribution in [1.29, 1.82) is 0 Å². The molecule has 0 unspecified atom stereocenters. The van der Waals surface area contributed by atoms with Gasteiger partial charge in [0.1, 0.15) is 11.2 Å². The lowest BCUT2D eigenvalue weighted by molar-refractivity contribution is 0.669. The van der Waals surface area contributed by atoms with Crippen LogP contribution in [0.3, 0.4) is 0 Å². The molecule has 0 aliphatic heterocycles. The highest BCUT2D eigenvalue weighted by Crippen LogP contribution is 2.41. The minimum Gasteiger partial charge on any atom is -0.456 e. The van der Waals surface area contributed by atoms with Gasteiger partial charge in [-0.15, -0.1) is 0 Å². The van der Waals surface area contributed by atoms with Crippen LogP contribution < -0.4 is 4.90 Å². The summed E-state index contributed by atoms with van der Waals surface area (Å²) in [5.41, 5.74) is 12.2. The lowest BCUT2D eigenvalue weighted by atomic mass is 9.93. The minimum absolute atomic E-state index is 0.905. The van der Waals surface area contributed by atoms with Gasteiger partial charge in [0, 0.05) is 27.8 Å². The van der Waals surface area contributed by atoms with Gasteiger partial charge < -0.3 is 9.32 Å². The normalized spacial score (nSPS) is 11.5. The zero-order chi connectivity index (χ0) is 34.4. The van der Waals surface area contributed by atoms with E-state index < -0.39 is 0 Å². The van der Waals surface area contributed by atoms with Crippen LogP contribution in [0.4, 0.5) is 17.1 Å². The molecule has 10 rings (SSSR count). The summed E-state index contributed by atoms with van der Waals surface area (Å²) < 4.78 is 6.21. The fraction of sp³-hybridized carbons (Fsp3) is 0. The zero-order valence-corrected chi connectivity index (χ0v) is 28.4. The van der Waals surface area contributed by atoms with E-state index in [2.05, 4.69) is 193 Å². The van der Waals surface area contributed by atoms with Crippen LogP contribution in [0.25, 0.3) is 76.9 Å². The fourth-order valence-electron chi connectivity index (χ4n) is 7.77. The van der Waals surface area contributed by atoms with E-state index in [0.717, 1.165) is 44.6 Å². The molecule has 0 bridgehead atoms. The van der Waals surface area contributed by atoms with Crippen LogP contribution in [-0.2, 0) is 0 Å². The highest BCUT2D eigenvalue weighted by Gasteiger charge is 2.17. The average Bonchev–Trinajstić information content (AvgIpc) is 3.61. The second-order valence-corrected chi connectivity index (χ2v) is 13.3. The van der Waals surface area contributed by atoms with E-state index in [0.29, 0.717) is 0 Å². The largest absolute Gasteiger partial charge is 0.456 e. The summed E-state index contributed by atoms with van der Waals surface area (Å²) in [6, 6.07) is 71.7. The van der Waals surface area contributed by atoms with E-state index in [4.69, 9.17) is 4.42 Å². The Morgan fingerprint density at radius 3 is 1.50 bits per heavy atom. The van der Waals surface area contributed by atoms with Crippen LogP contribution >= 0.6 is 0 Å². The molecule has 0 saturated carbocycles. The van der Waals surface area contributed by atoms with Crippen LogP contribution in [0.1, 0.15) is 0 Å². The van der Waals surface area contributed by atoms with Gasteiger partial charge in [-0.2, -0.15) is 0 Å². The first kappa shape index (κ1) is 30.0. The van der Waals surface area contributed by atoms with Gasteiger partial charge in [-0.05, 0) is 110 Å². The molecule has 0 spiro atoms. The van der Waals surface area contributed by atoms with Crippen molar-refractivity contribution in [2.75, 3.05) is 4.90 Å². The molecule has 0 N–H and O–H groups in total. The van der Waals surface area contributed by atoms with Gasteiger partial charge in [0.15, 0.2) is 0 Å². The van der Waals surface area contributed by atoms with Crippen molar-refractivity contribution in [3.05, 3.63) is 200 Å². The number of benzene rings is 9. The Bertz CT molecular complexity index is 2870. The number of para-hydroxylation sites is 1. The molecular formula is C50H33NO. The number of furan rings is 1. The van der Waals surface area contributed by atoms with Crippen LogP contribution in [0.2, 0.25) is 0 Å². The molecule has 52 heavy (non-hydrogen) atoms. The molecule has 0 amide bonds. The third-order valence-corrected chi connectivity index (χ3v) is 10.3. The number of anilines is 3. The first-order valence-corrected chi connectivity index (χ1v) is 17.8. The number of fused-ring (bicyclic) bond motifs is 6. The second kappa shape index (κ2) is 12.5. The number of rotatable bonds is 6. The number of hydrogen-bond donors (Lipinski definition) is 0. The SMILES string of the molecule is c1ccc(-c2ccc(N(c3ccc(-c4cc5ccccc5c5ccccc45)cc3)c3ccc(-c4cccc5oc6ccccc6c45)cc3)cc2)cc1. The maximum absolute atomic E-state index is 6.21. The molecule has 9 aromatic carbocycles. The third-order valence-electron chi connectivity index (χ3n) is 10.3. The molecule has 2 heteroatoms. The van der Waals surface area contributed by atoms with Crippen LogP contribution in [0.5, 0.6) is 0 Å². The Morgan fingerprint density at radius 2 is 0.808 bits per heavy atom. The summed E-state index contributed by atoms with van der Waals surface area (Å²) in [7, 11) is 0. The Balaban J connectivity index is 1.07. The average molecular weight is 664 g/mol. The van der Waals surface area contributed by atoms with Crippen molar-refractivity contribution in [1.82, 2.24) is 0 Å². The zero-order valence-electron chi connectivity index (χ0n) is 28.4. The van der Waals surface area contributed by atoms with Gasteiger partial charge in [-0.1, -0.05) is 146 Å². The molecule has 0 saturated heterocycles. The van der Waals surface area contributed by atoms with Gasteiger partial charge in [0.05, 0.1) is 0 Å². The van der Waals surface area contributed by atoms with Gasteiger partial charge in [-0.3, -0.25) is 0 Å². The molecule has 10 aromatic rings. The Kier molecular flexibility index (Phi) is 7.18. The third kappa shape index (κ3) is 5.12. The molecular weight excluding hydrogens is 631 g/mol. The fourth-order valence-corrected chi connectivity index (χ4v) is 7.77. The lowest BCUT2D eigenvalue weighted by Crippen LogP contribution is -2.09. The van der Waals surface area contributed by atoms with E-state index in [1.807, 2.05) is 12.1 Å². The standard InChI is InChI=1S/C50H33NO/c1-2-11-34(12-3-1)35-21-27-39(28-22-35)51(40-29-23-36(24-30-40)43-18-10-20-49-50(43)46-17-8-9-19-48(46)52-49)41-31-25-37(26-32-41)47-33-38-13-4-5-14-42(38)44-15-6-7-16-45(44)47/h1-33H. The van der Waals surface area contributed by atoms with Crippen molar-refractivity contribution >= 4 is 60.5 Å². The minimum atomic E-state index is 0.905. The summed E-state index contributed by atoms with van der Waals surface area (Å²) >= 11 is 0. The Labute approximate surface area is 302 Å². The molecule has 1 aromatic heterocycles. The predicted octanol–water partition coefficient (Wildman–Crippen LogP) is 14.4. The quantitative estimate of drug-likeness (QED) is 0.165. The summed E-state index contributed by atoms with van der Waals surface area (Å²) in [5.74, 6) is 0. The predicted molar refractivity (Wildman–Crippen MR) is 220 cm³/mol. The summed E-state index contributed by atoms with van der Waals surface area (Å²) in [5, 5.41) is 7.36. The molecule has 2 nitrogen and oxygen atoms in total. The molecule has 0 atom stereocenters. The Hall–Kier alpha value is -6.90. The van der Waals surface area contributed by atoms with Gasteiger partial charge in [0.2, 0.25) is 0 Å². The smallest absolute Gasteiger partial charge is 0.136 e. The lowest BCUT2D eigenvalue weighted by Gasteiger charge is -2.26. The monoisotopic (exact) mass is 663 g/mol. The van der Waals surface area contributed by atoms with E-state index in [1.165, 1.54) is 49.4 Å². The van der Waals surface area contributed by atoms with E-state index >= 15 is 0 Å². The summed E-state index contributed by atoms with van der Waals surface area (Å²) in [4.78, 5) is 2.34. The molecule has 0 radical (unpaired) electrons. The van der Waals surface area contributed by atoms with Crippen molar-refractivity contribution in [2.45, 2.75) is 0 Å². The van der Waals surface area contributed by atoms with E-state index in [9.17, 15) is 0 Å². The first-order chi connectivity index (χ1) is 25.8. The molecule has 1 heterocycles. The van der Waals surface area contributed by atoms with Gasteiger partial charge in [0.25, 0.3) is 0 Å².